The molecule has 20 heavy (non-hydrogen) atoms. The van der Waals surface area contributed by atoms with Crippen molar-refractivity contribution < 1.29 is 13.2 Å². The maximum Gasteiger partial charge on any atom is 0.224 e. The van der Waals surface area contributed by atoms with Crippen LogP contribution in [0.5, 0.6) is 0 Å². The highest BCUT2D eigenvalue weighted by Gasteiger charge is 2.28. The minimum absolute atomic E-state index is 0.0794. The molecular formula is C13H25N3O3S. The summed E-state index contributed by atoms with van der Waals surface area (Å²) in [7, 11) is -2.97. The van der Waals surface area contributed by atoms with Gasteiger partial charge in [-0.15, -0.1) is 0 Å². The second-order valence-corrected chi connectivity index (χ2v) is 7.92. The van der Waals surface area contributed by atoms with E-state index >= 15 is 0 Å². The minimum atomic E-state index is -2.97. The Morgan fingerprint density at radius 1 is 1.25 bits per heavy atom. The van der Waals surface area contributed by atoms with Gasteiger partial charge in [-0.2, -0.15) is 0 Å². The summed E-state index contributed by atoms with van der Waals surface area (Å²) in [5.41, 5.74) is 0. The summed E-state index contributed by atoms with van der Waals surface area (Å²) in [6, 6.07) is -0.213. The van der Waals surface area contributed by atoms with Gasteiger partial charge in [0.2, 0.25) is 5.91 Å². The molecule has 1 amide bonds. The molecule has 2 heterocycles. The molecule has 2 saturated heterocycles. The largest absolute Gasteiger partial charge is 0.340 e. The lowest BCUT2D eigenvalue weighted by molar-refractivity contribution is -0.133. The van der Waals surface area contributed by atoms with E-state index in [2.05, 4.69) is 17.1 Å². The van der Waals surface area contributed by atoms with E-state index < -0.39 is 9.84 Å². The van der Waals surface area contributed by atoms with Crippen LogP contribution in [-0.2, 0) is 14.6 Å². The Morgan fingerprint density at radius 3 is 2.55 bits per heavy atom. The quantitative estimate of drug-likeness (QED) is 0.745. The molecule has 0 aromatic rings. The summed E-state index contributed by atoms with van der Waals surface area (Å²) in [5.74, 6) is 0.359. The molecule has 0 saturated carbocycles. The van der Waals surface area contributed by atoms with Crippen LogP contribution in [0.2, 0.25) is 0 Å². The first-order valence-electron chi connectivity index (χ1n) is 7.44. The summed E-state index contributed by atoms with van der Waals surface area (Å²) in [6.07, 6.45) is 1.44. The summed E-state index contributed by atoms with van der Waals surface area (Å²) in [6.45, 7) is 7.09. The zero-order valence-electron chi connectivity index (χ0n) is 12.2. The number of hydrogen-bond acceptors (Lipinski definition) is 5. The first-order valence-corrected chi connectivity index (χ1v) is 9.26. The van der Waals surface area contributed by atoms with Crippen LogP contribution in [0, 0.1) is 0 Å². The first-order chi connectivity index (χ1) is 9.50. The zero-order chi connectivity index (χ0) is 14.6. The van der Waals surface area contributed by atoms with Crippen LogP contribution >= 0.6 is 0 Å². The van der Waals surface area contributed by atoms with Gasteiger partial charge in [-0.25, -0.2) is 8.42 Å². The van der Waals surface area contributed by atoms with Crippen molar-refractivity contribution in [2.75, 3.05) is 50.8 Å². The predicted molar refractivity (Wildman–Crippen MR) is 78.4 cm³/mol. The fraction of sp³-hybridized carbons (Fsp3) is 0.923. The van der Waals surface area contributed by atoms with Crippen LogP contribution in [0.1, 0.15) is 19.8 Å². The highest BCUT2D eigenvalue weighted by Crippen LogP contribution is 2.09. The van der Waals surface area contributed by atoms with Gasteiger partial charge in [-0.3, -0.25) is 9.69 Å². The summed E-state index contributed by atoms with van der Waals surface area (Å²) in [4.78, 5) is 16.5. The van der Waals surface area contributed by atoms with Gasteiger partial charge >= 0.3 is 0 Å². The number of carbonyl (C=O) groups excluding carboxylic acids is 1. The van der Waals surface area contributed by atoms with Gasteiger partial charge in [0.25, 0.3) is 0 Å². The van der Waals surface area contributed by atoms with E-state index in [1.807, 2.05) is 4.90 Å². The zero-order valence-corrected chi connectivity index (χ0v) is 13.0. The average Bonchev–Trinajstić information content (AvgIpc) is 2.38. The molecule has 0 aliphatic carbocycles. The summed E-state index contributed by atoms with van der Waals surface area (Å²) in [5, 5.41) is 3.14. The maximum atomic E-state index is 12.2. The van der Waals surface area contributed by atoms with Crippen LogP contribution < -0.4 is 5.32 Å². The lowest BCUT2D eigenvalue weighted by Gasteiger charge is -2.35. The summed E-state index contributed by atoms with van der Waals surface area (Å²) < 4.78 is 23.1. The molecule has 2 rings (SSSR count). The average molecular weight is 303 g/mol. The van der Waals surface area contributed by atoms with Crippen molar-refractivity contribution in [3.63, 3.8) is 0 Å². The van der Waals surface area contributed by atoms with Crippen LogP contribution in [0.25, 0.3) is 0 Å². The topological polar surface area (TPSA) is 69.7 Å². The molecule has 0 aromatic carbocycles. The number of amides is 1. The molecule has 0 radical (unpaired) electrons. The number of nitrogens with zero attached hydrogens (tertiary/aromatic N) is 2. The Bertz CT molecular complexity index is 430. The highest BCUT2D eigenvalue weighted by atomic mass is 32.2. The molecule has 2 aliphatic heterocycles. The SMILES string of the molecule is CCCN1CCN(C(=O)CC2CS(=O)(=O)CCN2)CC1. The lowest BCUT2D eigenvalue weighted by Crippen LogP contribution is -2.52. The highest BCUT2D eigenvalue weighted by molar-refractivity contribution is 7.91. The number of piperazine rings is 1. The third-order valence-corrected chi connectivity index (χ3v) is 5.72. The van der Waals surface area contributed by atoms with Gasteiger partial charge < -0.3 is 10.2 Å². The van der Waals surface area contributed by atoms with Crippen LogP contribution in [0.3, 0.4) is 0 Å². The van der Waals surface area contributed by atoms with E-state index in [1.165, 1.54) is 0 Å². The Labute approximate surface area is 121 Å². The Hall–Kier alpha value is -0.660. The van der Waals surface area contributed by atoms with E-state index in [-0.39, 0.29) is 23.5 Å². The van der Waals surface area contributed by atoms with Gasteiger partial charge in [0.05, 0.1) is 11.5 Å². The number of hydrogen-bond donors (Lipinski definition) is 1. The normalized spacial score (nSPS) is 27.4. The monoisotopic (exact) mass is 303 g/mol. The number of rotatable bonds is 4. The number of nitrogens with one attached hydrogen (secondary N) is 1. The third-order valence-electron chi connectivity index (χ3n) is 3.99. The molecule has 2 fully saturated rings. The molecule has 0 aromatic heterocycles. The van der Waals surface area contributed by atoms with Crippen molar-refractivity contribution >= 4 is 15.7 Å². The van der Waals surface area contributed by atoms with Gasteiger partial charge in [0, 0.05) is 45.2 Å². The molecule has 1 N–H and O–H groups in total. The first kappa shape index (κ1) is 15.7. The molecule has 6 nitrogen and oxygen atoms in total. The molecule has 1 unspecified atom stereocenters. The second kappa shape index (κ2) is 6.87. The second-order valence-electron chi connectivity index (χ2n) is 5.69. The molecule has 0 bridgehead atoms. The van der Waals surface area contributed by atoms with Gasteiger partial charge in [-0.05, 0) is 13.0 Å². The predicted octanol–water partition coefficient (Wildman–Crippen LogP) is -0.683. The molecule has 1 atom stereocenters. The van der Waals surface area contributed by atoms with Crippen molar-refractivity contribution in [3.8, 4) is 0 Å². The van der Waals surface area contributed by atoms with Gasteiger partial charge in [-0.1, -0.05) is 6.92 Å². The van der Waals surface area contributed by atoms with E-state index in [4.69, 9.17) is 0 Å². The molecule has 2 aliphatic rings. The molecular weight excluding hydrogens is 278 g/mol. The minimum Gasteiger partial charge on any atom is -0.340 e. The Morgan fingerprint density at radius 2 is 1.95 bits per heavy atom. The smallest absolute Gasteiger partial charge is 0.224 e. The molecule has 0 spiro atoms. The number of sulfone groups is 1. The van der Waals surface area contributed by atoms with E-state index in [1.54, 1.807) is 0 Å². The Balaban J connectivity index is 1.78. The van der Waals surface area contributed by atoms with Crippen molar-refractivity contribution in [3.05, 3.63) is 0 Å². The summed E-state index contributed by atoms with van der Waals surface area (Å²) >= 11 is 0. The fourth-order valence-corrected chi connectivity index (χ4v) is 4.32. The van der Waals surface area contributed by atoms with Gasteiger partial charge in [0.15, 0.2) is 9.84 Å². The third kappa shape index (κ3) is 4.43. The van der Waals surface area contributed by atoms with Crippen molar-refractivity contribution in [2.24, 2.45) is 0 Å². The lowest BCUT2D eigenvalue weighted by atomic mass is 10.2. The van der Waals surface area contributed by atoms with E-state index in [0.717, 1.165) is 39.1 Å². The van der Waals surface area contributed by atoms with Crippen LogP contribution in [0.15, 0.2) is 0 Å². The maximum absolute atomic E-state index is 12.2. The van der Waals surface area contributed by atoms with E-state index in [9.17, 15) is 13.2 Å². The van der Waals surface area contributed by atoms with Crippen LogP contribution in [-0.4, -0.2) is 80.9 Å². The standard InChI is InChI=1S/C13H25N3O3S/c1-2-4-15-5-7-16(8-6-15)13(17)10-12-11-20(18,19)9-3-14-12/h12,14H,2-11H2,1H3. The number of carbonyl (C=O) groups is 1. The van der Waals surface area contributed by atoms with Crippen molar-refractivity contribution in [1.29, 1.82) is 0 Å². The van der Waals surface area contributed by atoms with Crippen molar-refractivity contribution in [2.45, 2.75) is 25.8 Å². The van der Waals surface area contributed by atoms with Crippen molar-refractivity contribution in [1.82, 2.24) is 15.1 Å². The fourth-order valence-electron chi connectivity index (χ4n) is 2.88. The molecule has 116 valence electrons. The Kier molecular flexibility index (Phi) is 5.40. The van der Waals surface area contributed by atoms with Gasteiger partial charge in [0.1, 0.15) is 0 Å². The van der Waals surface area contributed by atoms with E-state index in [0.29, 0.717) is 13.0 Å². The molecule has 7 heteroatoms. The van der Waals surface area contributed by atoms with Crippen LogP contribution in [0.4, 0.5) is 0 Å².